The van der Waals surface area contributed by atoms with Gasteiger partial charge in [0.05, 0.1) is 11.0 Å². The fourth-order valence-corrected chi connectivity index (χ4v) is 6.08. The molecule has 3 aromatic heterocycles. The maximum Gasteiger partial charge on any atom is 0.416 e. The second-order valence-corrected chi connectivity index (χ2v) is 10.3. The average molecular weight is 537 g/mol. The molecule has 2 aliphatic rings. The van der Waals surface area contributed by atoms with Crippen LogP contribution in [0.1, 0.15) is 53.8 Å². The molecule has 0 radical (unpaired) electrons. The minimum absolute atomic E-state index is 0.212. The quantitative estimate of drug-likeness (QED) is 0.329. The van der Waals surface area contributed by atoms with E-state index in [1.807, 2.05) is 4.40 Å². The average Bonchev–Trinajstić information content (AvgIpc) is 3.61. The highest BCUT2D eigenvalue weighted by atomic mass is 19.4. The van der Waals surface area contributed by atoms with E-state index in [9.17, 15) is 27.9 Å². The van der Waals surface area contributed by atoms with Crippen molar-refractivity contribution in [3.63, 3.8) is 0 Å². The van der Waals surface area contributed by atoms with Crippen LogP contribution in [-0.2, 0) is 16.4 Å². The fourth-order valence-electron chi connectivity index (χ4n) is 6.08. The molecule has 6 rings (SSSR count). The van der Waals surface area contributed by atoms with Crippen molar-refractivity contribution in [1.29, 1.82) is 0 Å². The molecule has 1 aromatic carbocycles. The van der Waals surface area contributed by atoms with E-state index >= 15 is 0 Å². The number of benzene rings is 1. The molecule has 2 aliphatic carbocycles. The molecular weight excluding hydrogens is 513 g/mol. The zero-order valence-corrected chi connectivity index (χ0v) is 20.5. The van der Waals surface area contributed by atoms with Crippen LogP contribution < -0.4 is 11.1 Å². The topological polar surface area (TPSA) is 136 Å². The minimum atomic E-state index is -4.56. The molecule has 1 amide bonds. The molecule has 9 nitrogen and oxygen atoms in total. The van der Waals surface area contributed by atoms with Crippen molar-refractivity contribution in [2.75, 3.05) is 11.1 Å². The molecule has 2 saturated carbocycles. The first-order chi connectivity index (χ1) is 18.5. The van der Waals surface area contributed by atoms with Crippen LogP contribution >= 0.6 is 0 Å². The summed E-state index contributed by atoms with van der Waals surface area (Å²) in [7, 11) is 0. The Hall–Kier alpha value is -4.48. The predicted molar refractivity (Wildman–Crippen MR) is 135 cm³/mol. The first-order valence-corrected chi connectivity index (χ1v) is 12.3. The van der Waals surface area contributed by atoms with Gasteiger partial charge in [0.25, 0.3) is 5.91 Å². The van der Waals surface area contributed by atoms with Crippen molar-refractivity contribution >= 4 is 29.0 Å². The standard InChI is InChI=1S/C27H23F3N6O3/c28-27(29,30)17-5-10-32-18(13-17)34-22(37)16-3-1-15(2-4-16)19-20-21(31)33-11-12-36(20)23(35-19)25-6-8-26(14-25,9-7-25)24(38)39/h1-5,10-13H,6-9,14H2,(H2,31,33)(H,38,39)(H,32,34,37). The largest absolute Gasteiger partial charge is 0.481 e. The first-order valence-electron chi connectivity index (χ1n) is 12.3. The molecule has 0 saturated heterocycles. The lowest BCUT2D eigenvalue weighted by Crippen LogP contribution is -2.25. The van der Waals surface area contributed by atoms with E-state index in [1.54, 1.807) is 24.5 Å². The summed E-state index contributed by atoms with van der Waals surface area (Å²) in [4.78, 5) is 37.7. The number of imidazole rings is 1. The number of fused-ring (bicyclic) bond motifs is 3. The summed E-state index contributed by atoms with van der Waals surface area (Å²) in [5.41, 5.74) is 6.25. The zero-order chi connectivity index (χ0) is 27.6. The maximum atomic E-state index is 13.0. The van der Waals surface area contributed by atoms with E-state index in [0.717, 1.165) is 24.2 Å². The van der Waals surface area contributed by atoms with E-state index in [4.69, 9.17) is 10.7 Å². The number of nitrogens with two attached hydrogens (primary N) is 1. The Labute approximate surface area is 219 Å². The summed E-state index contributed by atoms with van der Waals surface area (Å²) in [5.74, 6) is -0.586. The Kier molecular flexibility index (Phi) is 5.42. The zero-order valence-electron chi connectivity index (χ0n) is 20.5. The van der Waals surface area contributed by atoms with Crippen LogP contribution in [0.4, 0.5) is 24.8 Å². The van der Waals surface area contributed by atoms with E-state index in [0.29, 0.717) is 48.9 Å². The summed E-state index contributed by atoms with van der Waals surface area (Å²) in [6.07, 6.45) is 2.90. The number of rotatable bonds is 5. The number of carboxylic acids is 1. The summed E-state index contributed by atoms with van der Waals surface area (Å²) < 4.78 is 40.9. The highest BCUT2D eigenvalue weighted by Crippen LogP contribution is 2.62. The van der Waals surface area contributed by atoms with Gasteiger partial charge in [-0.3, -0.25) is 14.0 Å². The number of hydrogen-bond donors (Lipinski definition) is 3. The van der Waals surface area contributed by atoms with Crippen LogP contribution in [0.15, 0.2) is 55.0 Å². The molecule has 0 atom stereocenters. The minimum Gasteiger partial charge on any atom is -0.481 e. The maximum absolute atomic E-state index is 13.0. The summed E-state index contributed by atoms with van der Waals surface area (Å²) in [5, 5.41) is 12.3. The van der Waals surface area contributed by atoms with Crippen molar-refractivity contribution in [3.05, 3.63) is 71.9 Å². The number of amides is 1. The molecule has 39 heavy (non-hydrogen) atoms. The van der Waals surface area contributed by atoms with Gasteiger partial charge in [0.15, 0.2) is 0 Å². The van der Waals surface area contributed by atoms with Crippen molar-refractivity contribution in [3.8, 4) is 11.3 Å². The van der Waals surface area contributed by atoms with Gasteiger partial charge in [-0.2, -0.15) is 13.2 Å². The number of nitrogens with zero attached hydrogens (tertiary/aromatic N) is 4. The molecule has 0 aliphatic heterocycles. The van der Waals surface area contributed by atoms with Gasteiger partial charge in [-0.05, 0) is 56.4 Å². The Morgan fingerprint density at radius 1 is 1.03 bits per heavy atom. The van der Waals surface area contributed by atoms with Crippen LogP contribution in [0, 0.1) is 5.41 Å². The number of carboxylic acid groups (broad SMARTS) is 1. The van der Waals surface area contributed by atoms with Gasteiger partial charge in [0.1, 0.15) is 28.7 Å². The molecule has 3 heterocycles. The molecule has 0 unspecified atom stereocenters. The van der Waals surface area contributed by atoms with E-state index < -0.39 is 29.0 Å². The third-order valence-corrected chi connectivity index (χ3v) is 8.10. The van der Waals surface area contributed by atoms with Gasteiger partial charge >= 0.3 is 12.1 Å². The number of nitrogens with one attached hydrogen (secondary N) is 1. The molecule has 2 fully saturated rings. The monoisotopic (exact) mass is 536 g/mol. The summed E-state index contributed by atoms with van der Waals surface area (Å²) >= 11 is 0. The van der Waals surface area contributed by atoms with Crippen LogP contribution in [0.5, 0.6) is 0 Å². The van der Waals surface area contributed by atoms with Crippen LogP contribution in [0.3, 0.4) is 0 Å². The molecule has 12 heteroatoms. The number of hydrogen-bond acceptors (Lipinski definition) is 6. The number of aromatic nitrogens is 4. The second kappa shape index (κ2) is 8.52. The Morgan fingerprint density at radius 3 is 2.38 bits per heavy atom. The second-order valence-electron chi connectivity index (χ2n) is 10.3. The summed E-state index contributed by atoms with van der Waals surface area (Å²) in [6.45, 7) is 0. The number of aliphatic carboxylic acids is 1. The van der Waals surface area contributed by atoms with Crippen molar-refractivity contribution in [1.82, 2.24) is 19.4 Å². The van der Waals surface area contributed by atoms with Crippen LogP contribution in [0.2, 0.25) is 0 Å². The Morgan fingerprint density at radius 2 is 1.74 bits per heavy atom. The predicted octanol–water partition coefficient (Wildman–Crippen LogP) is 4.93. The van der Waals surface area contributed by atoms with Crippen molar-refractivity contribution < 1.29 is 27.9 Å². The van der Waals surface area contributed by atoms with E-state index in [2.05, 4.69) is 15.3 Å². The number of halogens is 3. The highest BCUT2D eigenvalue weighted by molar-refractivity contribution is 6.04. The number of carbonyl (C=O) groups is 2. The van der Waals surface area contributed by atoms with Crippen LogP contribution in [-0.4, -0.2) is 36.3 Å². The molecular formula is C27H23F3N6O3. The fraction of sp³-hybridized carbons (Fsp3) is 0.296. The Bertz CT molecular complexity index is 1620. The number of carbonyl (C=O) groups excluding carboxylic acids is 1. The van der Waals surface area contributed by atoms with Gasteiger partial charge in [0.2, 0.25) is 0 Å². The van der Waals surface area contributed by atoms with Crippen LogP contribution in [0.25, 0.3) is 16.8 Å². The number of nitrogen functional groups attached to an aromatic ring is 1. The molecule has 4 N–H and O–H groups in total. The lowest BCUT2D eigenvalue weighted by atomic mass is 9.81. The normalized spacial score (nSPS) is 22.3. The summed E-state index contributed by atoms with van der Waals surface area (Å²) in [6, 6.07) is 8.02. The van der Waals surface area contributed by atoms with E-state index in [1.165, 1.54) is 12.1 Å². The number of anilines is 2. The molecule has 4 aromatic rings. The lowest BCUT2D eigenvalue weighted by Gasteiger charge is -2.25. The van der Waals surface area contributed by atoms with Gasteiger partial charge in [-0.15, -0.1) is 0 Å². The lowest BCUT2D eigenvalue weighted by molar-refractivity contribution is -0.148. The molecule has 2 bridgehead atoms. The van der Waals surface area contributed by atoms with Crippen molar-refractivity contribution in [2.24, 2.45) is 5.41 Å². The van der Waals surface area contributed by atoms with Gasteiger partial charge < -0.3 is 16.2 Å². The number of alkyl halides is 3. The molecule has 0 spiro atoms. The van der Waals surface area contributed by atoms with Gasteiger partial charge in [-0.1, -0.05) is 12.1 Å². The van der Waals surface area contributed by atoms with Gasteiger partial charge in [0, 0.05) is 35.1 Å². The van der Waals surface area contributed by atoms with E-state index in [-0.39, 0.29) is 22.6 Å². The smallest absolute Gasteiger partial charge is 0.416 e. The third kappa shape index (κ3) is 3.98. The third-order valence-electron chi connectivity index (χ3n) is 8.10. The number of pyridine rings is 1. The molecule has 200 valence electrons. The Balaban J connectivity index is 1.32. The SMILES string of the molecule is Nc1nccn2c(C34CCC(C(=O)O)(CC3)C4)nc(-c3ccc(C(=O)Nc4cc(C(F)(F)F)ccn4)cc3)c12. The van der Waals surface area contributed by atoms with Gasteiger partial charge in [-0.25, -0.2) is 15.0 Å². The first kappa shape index (κ1) is 24.8. The van der Waals surface area contributed by atoms with Crippen molar-refractivity contribution in [2.45, 2.75) is 43.7 Å². The highest BCUT2D eigenvalue weighted by Gasteiger charge is 2.60.